The Morgan fingerprint density at radius 3 is 2.73 bits per heavy atom. The van der Waals surface area contributed by atoms with Crippen molar-refractivity contribution in [1.82, 2.24) is 19.8 Å². The van der Waals surface area contributed by atoms with Crippen LogP contribution in [-0.2, 0) is 11.2 Å². The molecule has 2 fully saturated rings. The highest BCUT2D eigenvalue weighted by Crippen LogP contribution is 2.34. The SMILES string of the molecule is CCCc1cnc(C)nc1N1CCN(C)[C@@]2(CCC(=O)N(CC)CC2)C1. The number of aromatic nitrogens is 2. The van der Waals surface area contributed by atoms with E-state index in [0.29, 0.717) is 12.3 Å². The Morgan fingerprint density at radius 2 is 2.00 bits per heavy atom. The molecule has 2 aliphatic heterocycles. The molecule has 144 valence electrons. The standard InChI is InChI=1S/C20H33N5O/c1-5-7-17-14-21-16(3)22-19(17)25-13-12-23(4)20(15-25)9-8-18(26)24(6-2)11-10-20/h14H,5-13,15H2,1-4H3/t20-/m1/s1. The van der Waals surface area contributed by atoms with Gasteiger partial charge < -0.3 is 9.80 Å². The summed E-state index contributed by atoms with van der Waals surface area (Å²) in [5.41, 5.74) is 1.30. The van der Waals surface area contributed by atoms with Gasteiger partial charge in [0.25, 0.3) is 0 Å². The Labute approximate surface area is 157 Å². The smallest absolute Gasteiger partial charge is 0.222 e. The second kappa shape index (κ2) is 7.91. The number of likely N-dealkylation sites (tertiary alicyclic amines) is 1. The van der Waals surface area contributed by atoms with Crippen molar-refractivity contribution in [2.24, 2.45) is 0 Å². The maximum atomic E-state index is 12.4. The van der Waals surface area contributed by atoms with E-state index in [1.165, 1.54) is 5.56 Å². The number of aryl methyl sites for hydroxylation is 2. The van der Waals surface area contributed by atoms with Crippen molar-refractivity contribution < 1.29 is 4.79 Å². The van der Waals surface area contributed by atoms with Gasteiger partial charge in [0.1, 0.15) is 11.6 Å². The topological polar surface area (TPSA) is 52.6 Å². The molecule has 1 atom stereocenters. The number of hydrogen-bond donors (Lipinski definition) is 0. The first kappa shape index (κ1) is 19.1. The van der Waals surface area contributed by atoms with Crippen LogP contribution < -0.4 is 4.90 Å². The molecule has 0 radical (unpaired) electrons. The van der Waals surface area contributed by atoms with Gasteiger partial charge in [0.2, 0.25) is 5.91 Å². The second-order valence-electron chi connectivity index (χ2n) is 7.81. The molecule has 3 rings (SSSR count). The van der Waals surface area contributed by atoms with E-state index in [0.717, 1.165) is 70.0 Å². The maximum absolute atomic E-state index is 12.4. The van der Waals surface area contributed by atoms with E-state index in [1.807, 2.05) is 18.0 Å². The minimum Gasteiger partial charge on any atom is -0.353 e. The lowest BCUT2D eigenvalue weighted by atomic mass is 9.86. The van der Waals surface area contributed by atoms with Gasteiger partial charge in [-0.2, -0.15) is 0 Å². The summed E-state index contributed by atoms with van der Waals surface area (Å²) in [6.07, 6.45) is 6.73. The first-order valence-corrected chi connectivity index (χ1v) is 10.1. The number of nitrogens with zero attached hydrogens (tertiary/aromatic N) is 5. The van der Waals surface area contributed by atoms with E-state index in [9.17, 15) is 4.79 Å². The van der Waals surface area contributed by atoms with Crippen LogP contribution in [0.2, 0.25) is 0 Å². The van der Waals surface area contributed by atoms with Crippen molar-refractivity contribution >= 4 is 11.7 Å². The monoisotopic (exact) mass is 359 g/mol. The number of anilines is 1. The van der Waals surface area contributed by atoms with Crippen molar-refractivity contribution in [3.05, 3.63) is 17.6 Å². The fourth-order valence-electron chi connectivity index (χ4n) is 4.41. The molecule has 2 aliphatic rings. The number of piperazine rings is 1. The molecule has 0 unspecified atom stereocenters. The van der Waals surface area contributed by atoms with Gasteiger partial charge in [-0.1, -0.05) is 13.3 Å². The van der Waals surface area contributed by atoms with E-state index >= 15 is 0 Å². The summed E-state index contributed by atoms with van der Waals surface area (Å²) in [6, 6.07) is 0. The lowest BCUT2D eigenvalue weighted by Gasteiger charge is -2.50. The molecule has 0 bridgehead atoms. The Hall–Kier alpha value is -1.69. The first-order valence-electron chi connectivity index (χ1n) is 10.1. The summed E-state index contributed by atoms with van der Waals surface area (Å²) in [6.45, 7) is 10.9. The lowest BCUT2D eigenvalue weighted by molar-refractivity contribution is -0.130. The molecule has 26 heavy (non-hydrogen) atoms. The van der Waals surface area contributed by atoms with Gasteiger partial charge in [-0.05, 0) is 40.2 Å². The van der Waals surface area contributed by atoms with Gasteiger partial charge in [-0.25, -0.2) is 9.97 Å². The molecule has 0 aromatic carbocycles. The third-order valence-corrected chi connectivity index (χ3v) is 6.17. The molecule has 2 saturated heterocycles. The summed E-state index contributed by atoms with van der Waals surface area (Å²) in [4.78, 5) is 28.6. The highest BCUT2D eigenvalue weighted by molar-refractivity contribution is 5.76. The van der Waals surface area contributed by atoms with Crippen molar-refractivity contribution in [2.75, 3.05) is 44.7 Å². The predicted molar refractivity (Wildman–Crippen MR) is 104 cm³/mol. The van der Waals surface area contributed by atoms with E-state index in [-0.39, 0.29) is 5.54 Å². The number of carbonyl (C=O) groups is 1. The summed E-state index contributed by atoms with van der Waals surface area (Å²) >= 11 is 0. The zero-order valence-corrected chi connectivity index (χ0v) is 16.8. The van der Waals surface area contributed by atoms with Crippen molar-refractivity contribution in [1.29, 1.82) is 0 Å². The second-order valence-corrected chi connectivity index (χ2v) is 7.81. The van der Waals surface area contributed by atoms with Crippen LogP contribution in [-0.4, -0.2) is 71.0 Å². The Bertz CT molecular complexity index is 649. The highest BCUT2D eigenvalue weighted by Gasteiger charge is 2.42. The van der Waals surface area contributed by atoms with E-state index in [1.54, 1.807) is 0 Å². The predicted octanol–water partition coefficient (Wildman–Crippen LogP) is 2.26. The van der Waals surface area contributed by atoms with Gasteiger partial charge in [0.15, 0.2) is 0 Å². The van der Waals surface area contributed by atoms with Crippen LogP contribution in [0, 0.1) is 6.92 Å². The molecule has 0 saturated carbocycles. The highest BCUT2D eigenvalue weighted by atomic mass is 16.2. The molecule has 1 amide bonds. The normalized spacial score (nSPS) is 25.0. The molecular formula is C20H33N5O. The van der Waals surface area contributed by atoms with E-state index in [2.05, 4.69) is 35.7 Å². The minimum atomic E-state index is 0.0557. The third-order valence-electron chi connectivity index (χ3n) is 6.17. The van der Waals surface area contributed by atoms with Gasteiger partial charge in [-0.3, -0.25) is 9.69 Å². The van der Waals surface area contributed by atoms with Crippen LogP contribution in [0.3, 0.4) is 0 Å². The minimum absolute atomic E-state index is 0.0557. The van der Waals surface area contributed by atoms with Crippen LogP contribution in [0.1, 0.15) is 50.9 Å². The molecule has 1 aromatic heterocycles. The molecule has 0 aliphatic carbocycles. The van der Waals surface area contributed by atoms with Crippen LogP contribution in [0.25, 0.3) is 0 Å². The molecular weight excluding hydrogens is 326 g/mol. The zero-order valence-electron chi connectivity index (χ0n) is 16.8. The first-order chi connectivity index (χ1) is 12.5. The number of rotatable bonds is 4. The summed E-state index contributed by atoms with van der Waals surface area (Å²) in [7, 11) is 2.22. The van der Waals surface area contributed by atoms with E-state index < -0.39 is 0 Å². The fraction of sp³-hybridized carbons (Fsp3) is 0.750. The number of likely N-dealkylation sites (N-methyl/N-ethyl adjacent to an activating group) is 1. The molecule has 1 spiro atoms. The Morgan fingerprint density at radius 1 is 1.19 bits per heavy atom. The largest absolute Gasteiger partial charge is 0.353 e. The average Bonchev–Trinajstić information content (AvgIpc) is 2.79. The molecule has 3 heterocycles. The number of carbonyl (C=O) groups excluding carboxylic acids is 1. The van der Waals surface area contributed by atoms with Gasteiger partial charge in [0, 0.05) is 56.4 Å². The Balaban J connectivity index is 1.87. The molecule has 0 N–H and O–H groups in total. The van der Waals surface area contributed by atoms with Crippen molar-refractivity contribution in [3.8, 4) is 0 Å². The quantitative estimate of drug-likeness (QED) is 0.825. The number of hydrogen-bond acceptors (Lipinski definition) is 5. The van der Waals surface area contributed by atoms with Crippen LogP contribution >= 0.6 is 0 Å². The lowest BCUT2D eigenvalue weighted by Crippen LogP contribution is -2.61. The van der Waals surface area contributed by atoms with Crippen molar-refractivity contribution in [2.45, 2.75) is 58.4 Å². The fourth-order valence-corrected chi connectivity index (χ4v) is 4.41. The van der Waals surface area contributed by atoms with Crippen molar-refractivity contribution in [3.63, 3.8) is 0 Å². The van der Waals surface area contributed by atoms with Gasteiger partial charge in [0.05, 0.1) is 0 Å². The summed E-state index contributed by atoms with van der Waals surface area (Å²) < 4.78 is 0. The van der Waals surface area contributed by atoms with Gasteiger partial charge in [-0.15, -0.1) is 0 Å². The average molecular weight is 360 g/mol. The molecule has 6 heteroatoms. The zero-order chi connectivity index (χ0) is 18.7. The maximum Gasteiger partial charge on any atom is 0.222 e. The van der Waals surface area contributed by atoms with Crippen LogP contribution in [0.5, 0.6) is 0 Å². The number of amides is 1. The third kappa shape index (κ3) is 3.70. The molecule has 6 nitrogen and oxygen atoms in total. The van der Waals surface area contributed by atoms with E-state index in [4.69, 9.17) is 4.98 Å². The molecule has 1 aromatic rings. The van der Waals surface area contributed by atoms with Crippen LogP contribution in [0.15, 0.2) is 6.20 Å². The van der Waals surface area contributed by atoms with Gasteiger partial charge >= 0.3 is 0 Å². The summed E-state index contributed by atoms with van der Waals surface area (Å²) in [5, 5.41) is 0. The summed E-state index contributed by atoms with van der Waals surface area (Å²) in [5.74, 6) is 2.25. The van der Waals surface area contributed by atoms with Crippen LogP contribution in [0.4, 0.5) is 5.82 Å². The Kier molecular flexibility index (Phi) is 5.80.